The van der Waals surface area contributed by atoms with Crippen LogP contribution < -0.4 is 10.7 Å². The number of aryl methyl sites for hydroxylation is 1. The van der Waals surface area contributed by atoms with E-state index in [2.05, 4.69) is 10.3 Å². The molecule has 3 rings (SSSR count). The number of aromatic amines is 1. The van der Waals surface area contributed by atoms with Gasteiger partial charge in [-0.25, -0.2) is 4.39 Å². The molecule has 0 saturated heterocycles. The molecule has 7 heteroatoms. The monoisotopic (exact) mass is 386 g/mol. The Morgan fingerprint density at radius 3 is 2.67 bits per heavy atom. The van der Waals surface area contributed by atoms with Gasteiger partial charge in [0.15, 0.2) is 0 Å². The highest BCUT2D eigenvalue weighted by Gasteiger charge is 2.15. The van der Waals surface area contributed by atoms with E-state index in [1.54, 1.807) is 24.3 Å². The summed E-state index contributed by atoms with van der Waals surface area (Å²) in [4.78, 5) is 38.5. The first-order chi connectivity index (χ1) is 13.0. The number of H-pyrrole nitrogens is 1. The fourth-order valence-corrected chi connectivity index (χ4v) is 2.95. The first-order valence-electron chi connectivity index (χ1n) is 8.29. The van der Waals surface area contributed by atoms with Crippen molar-refractivity contribution in [3.8, 4) is 0 Å². The van der Waals surface area contributed by atoms with Gasteiger partial charge < -0.3 is 15.1 Å². The fourth-order valence-electron chi connectivity index (χ4n) is 2.83. The first-order valence-corrected chi connectivity index (χ1v) is 8.67. The van der Waals surface area contributed by atoms with E-state index in [1.807, 2.05) is 0 Å². The molecule has 1 heterocycles. The zero-order chi connectivity index (χ0) is 19.4. The molecule has 5 nitrogen and oxygen atoms in total. The molecule has 0 atom stereocenters. The number of carbonyl (C=O) groups excluding carboxylic acids is 2. The third-order valence-electron chi connectivity index (χ3n) is 4.18. The van der Waals surface area contributed by atoms with Gasteiger partial charge in [0.2, 0.25) is 5.43 Å². The van der Waals surface area contributed by atoms with E-state index in [9.17, 15) is 18.8 Å². The summed E-state index contributed by atoms with van der Waals surface area (Å²) in [6, 6.07) is 9.31. The number of aromatic nitrogens is 1. The minimum absolute atomic E-state index is 0.0787. The van der Waals surface area contributed by atoms with Crippen LogP contribution in [0.4, 0.5) is 4.39 Å². The molecule has 0 unspecified atom stereocenters. The van der Waals surface area contributed by atoms with E-state index < -0.39 is 17.2 Å². The lowest BCUT2D eigenvalue weighted by Crippen LogP contribution is -2.28. The molecular weight excluding hydrogens is 371 g/mol. The van der Waals surface area contributed by atoms with E-state index in [4.69, 9.17) is 11.6 Å². The predicted octanol–water partition coefficient (Wildman–Crippen LogP) is 3.38. The number of fused-ring (bicyclic) bond motifs is 1. The second-order valence-corrected chi connectivity index (χ2v) is 6.47. The lowest BCUT2D eigenvalue weighted by atomic mass is 10.0. The van der Waals surface area contributed by atoms with Gasteiger partial charge in [0.25, 0.3) is 5.91 Å². The topological polar surface area (TPSA) is 79.0 Å². The molecule has 0 spiro atoms. The summed E-state index contributed by atoms with van der Waals surface area (Å²) in [7, 11) is 0. The quantitative estimate of drug-likeness (QED) is 0.637. The van der Waals surface area contributed by atoms with Crippen LogP contribution in [0.25, 0.3) is 10.9 Å². The number of hydrogen-bond acceptors (Lipinski definition) is 3. The van der Waals surface area contributed by atoms with Crippen LogP contribution in [-0.4, -0.2) is 17.2 Å². The summed E-state index contributed by atoms with van der Waals surface area (Å²) in [5.41, 5.74) is 1.10. The molecule has 138 valence electrons. The third-order valence-corrected chi connectivity index (χ3v) is 4.43. The highest BCUT2D eigenvalue weighted by atomic mass is 35.5. The highest BCUT2D eigenvalue weighted by molar-refractivity contribution is 6.30. The van der Waals surface area contributed by atoms with Crippen LogP contribution in [0.3, 0.4) is 0 Å². The molecule has 0 aliphatic rings. The van der Waals surface area contributed by atoms with Gasteiger partial charge in [-0.1, -0.05) is 23.7 Å². The Kier molecular flexibility index (Phi) is 5.66. The van der Waals surface area contributed by atoms with Crippen molar-refractivity contribution in [2.45, 2.75) is 19.4 Å². The molecule has 0 bridgehead atoms. The maximum absolute atomic E-state index is 13.9. The molecule has 0 radical (unpaired) electrons. The summed E-state index contributed by atoms with van der Waals surface area (Å²) >= 11 is 5.82. The number of nitrogens with one attached hydrogen (secondary N) is 2. The van der Waals surface area contributed by atoms with Crippen LogP contribution in [0, 0.1) is 5.82 Å². The number of halogens is 2. The van der Waals surface area contributed by atoms with Crippen molar-refractivity contribution in [3.05, 3.63) is 80.3 Å². The minimum atomic E-state index is -0.590. The number of amides is 1. The SMILES string of the molecule is O=CCCc1cc(F)cc2c(=O)c(C(=O)NCc3ccc(Cl)cc3)c[nH]c12. The number of aldehydes is 1. The third kappa shape index (κ3) is 4.23. The van der Waals surface area contributed by atoms with Gasteiger partial charge in [-0.15, -0.1) is 0 Å². The van der Waals surface area contributed by atoms with E-state index >= 15 is 0 Å². The van der Waals surface area contributed by atoms with E-state index in [0.29, 0.717) is 22.5 Å². The molecule has 2 aromatic carbocycles. The number of benzene rings is 2. The van der Waals surface area contributed by atoms with Crippen molar-refractivity contribution < 1.29 is 14.0 Å². The summed E-state index contributed by atoms with van der Waals surface area (Å²) < 4.78 is 13.9. The average molecular weight is 387 g/mol. The largest absolute Gasteiger partial charge is 0.360 e. The molecule has 1 amide bonds. The van der Waals surface area contributed by atoms with Crippen molar-refractivity contribution in [1.29, 1.82) is 0 Å². The van der Waals surface area contributed by atoms with Gasteiger partial charge in [0.1, 0.15) is 17.7 Å². The number of hydrogen-bond donors (Lipinski definition) is 2. The number of rotatable bonds is 6. The zero-order valence-corrected chi connectivity index (χ0v) is 15.0. The van der Waals surface area contributed by atoms with Crippen molar-refractivity contribution >= 4 is 34.7 Å². The molecule has 0 saturated carbocycles. The fraction of sp³-hybridized carbons (Fsp3) is 0.150. The molecular formula is C20H16ClFN2O3. The maximum Gasteiger partial charge on any atom is 0.257 e. The van der Waals surface area contributed by atoms with Crippen molar-refractivity contribution in [2.75, 3.05) is 0 Å². The van der Waals surface area contributed by atoms with E-state index in [1.165, 1.54) is 12.3 Å². The minimum Gasteiger partial charge on any atom is -0.360 e. The van der Waals surface area contributed by atoms with Gasteiger partial charge >= 0.3 is 0 Å². The normalized spacial score (nSPS) is 10.7. The Balaban J connectivity index is 1.89. The van der Waals surface area contributed by atoms with E-state index in [-0.39, 0.29) is 23.9 Å². The highest BCUT2D eigenvalue weighted by Crippen LogP contribution is 2.18. The van der Waals surface area contributed by atoms with Gasteiger partial charge in [0, 0.05) is 29.6 Å². The number of carbonyl (C=O) groups is 2. The Morgan fingerprint density at radius 1 is 1.22 bits per heavy atom. The van der Waals surface area contributed by atoms with Crippen molar-refractivity contribution in [2.24, 2.45) is 0 Å². The maximum atomic E-state index is 13.9. The van der Waals surface area contributed by atoms with Crippen molar-refractivity contribution in [3.63, 3.8) is 0 Å². The second-order valence-electron chi connectivity index (χ2n) is 6.03. The zero-order valence-electron chi connectivity index (χ0n) is 14.2. The molecule has 0 aliphatic heterocycles. The Labute approximate surface area is 159 Å². The molecule has 3 aromatic rings. The van der Waals surface area contributed by atoms with Crippen LogP contribution in [0.15, 0.2) is 47.4 Å². The van der Waals surface area contributed by atoms with Crippen LogP contribution in [0.2, 0.25) is 5.02 Å². The second kappa shape index (κ2) is 8.14. The average Bonchev–Trinajstić information content (AvgIpc) is 2.66. The Hall–Kier alpha value is -2.99. The van der Waals surface area contributed by atoms with Gasteiger partial charge in [-0.05, 0) is 41.8 Å². The van der Waals surface area contributed by atoms with Crippen LogP contribution in [0.1, 0.15) is 27.9 Å². The molecule has 0 aliphatic carbocycles. The van der Waals surface area contributed by atoms with Crippen molar-refractivity contribution in [1.82, 2.24) is 10.3 Å². The predicted molar refractivity (Wildman–Crippen MR) is 102 cm³/mol. The Morgan fingerprint density at radius 2 is 1.96 bits per heavy atom. The molecule has 27 heavy (non-hydrogen) atoms. The summed E-state index contributed by atoms with van der Waals surface area (Å²) in [6.07, 6.45) is 2.55. The van der Waals surface area contributed by atoms with Crippen LogP contribution in [0.5, 0.6) is 0 Å². The van der Waals surface area contributed by atoms with E-state index in [0.717, 1.165) is 17.9 Å². The summed E-state index contributed by atoms with van der Waals surface area (Å²) in [5, 5.41) is 3.33. The molecule has 1 aromatic heterocycles. The van der Waals surface area contributed by atoms with Crippen LogP contribution >= 0.6 is 11.6 Å². The summed E-state index contributed by atoms with van der Waals surface area (Å²) in [5.74, 6) is -1.15. The molecule has 2 N–H and O–H groups in total. The lowest BCUT2D eigenvalue weighted by Gasteiger charge is -2.09. The Bertz CT molecular complexity index is 1060. The number of pyridine rings is 1. The van der Waals surface area contributed by atoms with Gasteiger partial charge in [-0.2, -0.15) is 0 Å². The smallest absolute Gasteiger partial charge is 0.257 e. The van der Waals surface area contributed by atoms with Gasteiger partial charge in [0.05, 0.1) is 5.52 Å². The lowest BCUT2D eigenvalue weighted by molar-refractivity contribution is -0.107. The molecule has 0 fully saturated rings. The summed E-state index contributed by atoms with van der Waals surface area (Å²) in [6.45, 7) is 0.223. The first kappa shape index (κ1) is 18.8. The van der Waals surface area contributed by atoms with Gasteiger partial charge in [-0.3, -0.25) is 9.59 Å². The van der Waals surface area contributed by atoms with Crippen LogP contribution in [-0.2, 0) is 17.8 Å². The standard InChI is InChI=1S/C20H16ClFN2O3/c21-14-5-3-12(4-6-14)10-24-20(27)17-11-23-18-13(2-1-7-25)8-15(22)9-16(18)19(17)26/h3-9,11H,1-2,10H2,(H,23,26)(H,24,27).